The molecule has 0 spiro atoms. The highest BCUT2D eigenvalue weighted by atomic mass is 16.2. The van der Waals surface area contributed by atoms with Crippen LogP contribution in [0.5, 0.6) is 0 Å². The number of carbonyl (C=O) groups is 1. The smallest absolute Gasteiger partial charge is 0.317 e. The maximum atomic E-state index is 11.3. The highest BCUT2D eigenvalue weighted by Gasteiger charge is 2.31. The second-order valence-corrected chi connectivity index (χ2v) is 3.63. The molecule has 1 atom stereocenters. The molecule has 1 unspecified atom stereocenters. The Morgan fingerprint density at radius 3 is 3.17 bits per heavy atom. The van der Waals surface area contributed by atoms with Crippen molar-refractivity contribution in [3.8, 4) is 0 Å². The van der Waals surface area contributed by atoms with E-state index in [1.807, 2.05) is 4.90 Å². The fourth-order valence-corrected chi connectivity index (χ4v) is 1.97. The quantitative estimate of drug-likeness (QED) is 0.541. The van der Waals surface area contributed by atoms with Crippen molar-refractivity contribution >= 4 is 6.03 Å². The third-order valence-corrected chi connectivity index (χ3v) is 2.70. The van der Waals surface area contributed by atoms with Gasteiger partial charge in [0.1, 0.15) is 0 Å². The van der Waals surface area contributed by atoms with Crippen LogP contribution in [0.25, 0.3) is 0 Å². The summed E-state index contributed by atoms with van der Waals surface area (Å²) in [6, 6.07) is 0.580. The molecule has 1 N–H and O–H groups in total. The number of urea groups is 1. The maximum Gasteiger partial charge on any atom is 0.317 e. The van der Waals surface area contributed by atoms with Gasteiger partial charge in [-0.1, -0.05) is 0 Å². The molecule has 4 heteroatoms. The van der Waals surface area contributed by atoms with Crippen LogP contribution >= 0.6 is 0 Å². The second-order valence-electron chi connectivity index (χ2n) is 3.63. The van der Waals surface area contributed by atoms with Crippen LogP contribution in [-0.2, 0) is 0 Å². The second kappa shape index (κ2) is 2.94. The Bertz CT molecular complexity index is 195. The molecule has 0 aliphatic carbocycles. The summed E-state index contributed by atoms with van der Waals surface area (Å²) in [5, 5.41) is 2.86. The van der Waals surface area contributed by atoms with Gasteiger partial charge >= 0.3 is 6.03 Å². The largest absolute Gasteiger partial charge is 0.338 e. The number of amides is 2. The van der Waals surface area contributed by atoms with Gasteiger partial charge < -0.3 is 15.1 Å². The number of piperazine rings is 1. The number of carbonyl (C=O) groups excluding carboxylic acids is 1. The molecule has 12 heavy (non-hydrogen) atoms. The monoisotopic (exact) mass is 169 g/mol. The molecule has 2 aliphatic heterocycles. The fraction of sp³-hybridized carbons (Fsp3) is 0.875. The number of nitrogens with one attached hydrogen (secondary N) is 1. The van der Waals surface area contributed by atoms with Crippen molar-refractivity contribution in [1.29, 1.82) is 0 Å². The van der Waals surface area contributed by atoms with E-state index in [1.54, 1.807) is 0 Å². The molecular formula is C8H15N3O. The summed E-state index contributed by atoms with van der Waals surface area (Å²) >= 11 is 0. The van der Waals surface area contributed by atoms with Crippen molar-refractivity contribution in [3.63, 3.8) is 0 Å². The van der Waals surface area contributed by atoms with E-state index in [0.717, 1.165) is 32.6 Å². The summed E-state index contributed by atoms with van der Waals surface area (Å²) in [7, 11) is 2.11. The van der Waals surface area contributed by atoms with Gasteiger partial charge in [0.15, 0.2) is 0 Å². The first-order valence-electron chi connectivity index (χ1n) is 4.50. The van der Waals surface area contributed by atoms with Crippen LogP contribution < -0.4 is 5.32 Å². The molecular weight excluding hydrogens is 154 g/mol. The minimum atomic E-state index is 0.124. The Hall–Kier alpha value is -0.770. The molecule has 2 fully saturated rings. The van der Waals surface area contributed by atoms with Gasteiger partial charge in [-0.05, 0) is 13.5 Å². The molecule has 68 valence electrons. The Kier molecular flexibility index (Phi) is 1.92. The lowest BCUT2D eigenvalue weighted by Gasteiger charge is -2.42. The predicted molar refractivity (Wildman–Crippen MR) is 46.0 cm³/mol. The summed E-state index contributed by atoms with van der Waals surface area (Å²) in [6.07, 6.45) is 1.09. The zero-order valence-corrected chi connectivity index (χ0v) is 7.42. The minimum Gasteiger partial charge on any atom is -0.338 e. The van der Waals surface area contributed by atoms with Crippen molar-refractivity contribution in [2.24, 2.45) is 0 Å². The van der Waals surface area contributed by atoms with Crippen molar-refractivity contribution in [1.82, 2.24) is 15.1 Å². The molecule has 2 heterocycles. The Morgan fingerprint density at radius 2 is 2.33 bits per heavy atom. The SMILES string of the molecule is CN1CCN2C(=O)NCCC2C1. The summed E-state index contributed by atoms with van der Waals surface area (Å²) < 4.78 is 0. The van der Waals surface area contributed by atoms with Crippen LogP contribution in [0.1, 0.15) is 6.42 Å². The lowest BCUT2D eigenvalue weighted by molar-refractivity contribution is 0.0907. The lowest BCUT2D eigenvalue weighted by atomic mass is 10.1. The third kappa shape index (κ3) is 1.27. The van der Waals surface area contributed by atoms with Crippen molar-refractivity contribution in [3.05, 3.63) is 0 Å². The average Bonchev–Trinajstić information content (AvgIpc) is 2.04. The number of rotatable bonds is 0. The third-order valence-electron chi connectivity index (χ3n) is 2.70. The number of hydrogen-bond acceptors (Lipinski definition) is 2. The lowest BCUT2D eigenvalue weighted by Crippen LogP contribution is -2.60. The van der Waals surface area contributed by atoms with Crippen LogP contribution in [0.15, 0.2) is 0 Å². The molecule has 0 aromatic carbocycles. The number of fused-ring (bicyclic) bond motifs is 1. The van der Waals surface area contributed by atoms with Gasteiger partial charge in [-0.25, -0.2) is 4.79 Å². The van der Waals surface area contributed by atoms with E-state index in [9.17, 15) is 4.79 Å². The van der Waals surface area contributed by atoms with Gasteiger partial charge in [-0.3, -0.25) is 0 Å². The first-order chi connectivity index (χ1) is 5.77. The summed E-state index contributed by atoms with van der Waals surface area (Å²) in [4.78, 5) is 15.6. The molecule has 2 amide bonds. The highest BCUT2D eigenvalue weighted by Crippen LogP contribution is 2.14. The average molecular weight is 169 g/mol. The van der Waals surface area contributed by atoms with Crippen molar-refractivity contribution < 1.29 is 4.79 Å². The summed E-state index contributed by atoms with van der Waals surface area (Å²) in [5.74, 6) is 0. The molecule has 2 rings (SSSR count). The maximum absolute atomic E-state index is 11.3. The minimum absolute atomic E-state index is 0.124. The van der Waals surface area contributed by atoms with Crippen LogP contribution in [0, 0.1) is 0 Å². The Labute approximate surface area is 72.5 Å². The van der Waals surface area contributed by atoms with Crippen molar-refractivity contribution in [2.45, 2.75) is 12.5 Å². The molecule has 0 aromatic rings. The molecule has 4 nitrogen and oxygen atoms in total. The standard InChI is InChI=1S/C8H15N3O/c1-10-4-5-11-7(6-10)2-3-9-8(11)12/h7H,2-6H2,1H3,(H,9,12). The summed E-state index contributed by atoms with van der Waals surface area (Å²) in [5.41, 5.74) is 0. The van der Waals surface area contributed by atoms with Gasteiger partial charge in [0.05, 0.1) is 0 Å². The van der Waals surface area contributed by atoms with Gasteiger partial charge in [0, 0.05) is 32.2 Å². The molecule has 0 bridgehead atoms. The number of hydrogen-bond donors (Lipinski definition) is 1. The molecule has 0 radical (unpaired) electrons. The van der Waals surface area contributed by atoms with E-state index in [2.05, 4.69) is 17.3 Å². The van der Waals surface area contributed by atoms with Gasteiger partial charge in [-0.15, -0.1) is 0 Å². The van der Waals surface area contributed by atoms with Crippen LogP contribution in [0.2, 0.25) is 0 Å². The Morgan fingerprint density at radius 1 is 1.50 bits per heavy atom. The van der Waals surface area contributed by atoms with E-state index >= 15 is 0 Å². The van der Waals surface area contributed by atoms with E-state index in [-0.39, 0.29) is 6.03 Å². The van der Waals surface area contributed by atoms with Gasteiger partial charge in [-0.2, -0.15) is 0 Å². The molecule has 2 aliphatic rings. The zero-order valence-electron chi connectivity index (χ0n) is 7.42. The summed E-state index contributed by atoms with van der Waals surface area (Å²) in [6.45, 7) is 3.76. The fourth-order valence-electron chi connectivity index (χ4n) is 1.97. The van der Waals surface area contributed by atoms with Crippen LogP contribution in [0.4, 0.5) is 4.79 Å². The van der Waals surface area contributed by atoms with Gasteiger partial charge in [0.25, 0.3) is 0 Å². The Balaban J connectivity index is 2.04. The van der Waals surface area contributed by atoms with E-state index in [0.29, 0.717) is 6.04 Å². The highest BCUT2D eigenvalue weighted by molar-refractivity contribution is 5.75. The van der Waals surface area contributed by atoms with E-state index in [1.165, 1.54) is 0 Å². The first kappa shape index (κ1) is 7.86. The molecule has 0 aromatic heterocycles. The van der Waals surface area contributed by atoms with Crippen LogP contribution in [-0.4, -0.2) is 55.1 Å². The molecule has 0 saturated carbocycles. The van der Waals surface area contributed by atoms with Crippen molar-refractivity contribution in [2.75, 3.05) is 33.2 Å². The van der Waals surface area contributed by atoms with E-state index < -0.39 is 0 Å². The zero-order chi connectivity index (χ0) is 8.55. The number of nitrogens with zero attached hydrogens (tertiary/aromatic N) is 2. The number of likely N-dealkylation sites (N-methyl/N-ethyl adjacent to an activating group) is 1. The topological polar surface area (TPSA) is 35.6 Å². The van der Waals surface area contributed by atoms with E-state index in [4.69, 9.17) is 0 Å². The van der Waals surface area contributed by atoms with Gasteiger partial charge in [0.2, 0.25) is 0 Å². The molecule has 2 saturated heterocycles. The first-order valence-corrected chi connectivity index (χ1v) is 4.50. The normalized spacial score (nSPS) is 31.2. The van der Waals surface area contributed by atoms with Crippen LogP contribution in [0.3, 0.4) is 0 Å². The predicted octanol–water partition coefficient (Wildman–Crippen LogP) is -0.284.